The van der Waals surface area contributed by atoms with Crippen molar-refractivity contribution in [2.24, 2.45) is 4.36 Å². The number of rotatable bonds is 7. The minimum absolute atomic E-state index is 0.238. The van der Waals surface area contributed by atoms with Gasteiger partial charge >= 0.3 is 0 Å². The van der Waals surface area contributed by atoms with Crippen LogP contribution in [0.2, 0.25) is 0 Å². The summed E-state index contributed by atoms with van der Waals surface area (Å²) in [5.41, 5.74) is 2.05. The molecule has 3 aromatic heterocycles. The van der Waals surface area contributed by atoms with E-state index in [4.69, 9.17) is 4.74 Å². The fourth-order valence-corrected chi connectivity index (χ4v) is 4.67. The summed E-state index contributed by atoms with van der Waals surface area (Å²) < 4.78 is 24.9. The highest BCUT2D eigenvalue weighted by Gasteiger charge is 2.18. The summed E-state index contributed by atoms with van der Waals surface area (Å²) in [6.45, 7) is 7.19. The van der Waals surface area contributed by atoms with Gasteiger partial charge in [0.2, 0.25) is 5.95 Å². The smallest absolute Gasteiger partial charge is 0.278 e. The molecule has 1 N–H and O–H groups in total. The average Bonchev–Trinajstić information content (AvgIpc) is 3.15. The molecule has 0 aliphatic carbocycles. The van der Waals surface area contributed by atoms with Gasteiger partial charge in [0.05, 0.1) is 19.8 Å². The molecule has 0 unspecified atom stereocenters. The molecule has 4 heterocycles. The highest BCUT2D eigenvalue weighted by molar-refractivity contribution is 7.92. The Morgan fingerprint density at radius 1 is 1.14 bits per heavy atom. The largest absolute Gasteiger partial charge is 0.378 e. The molecular weight excluding hydrogens is 492 g/mol. The molecule has 5 rings (SSSR count). The molecule has 192 valence electrons. The van der Waals surface area contributed by atoms with Crippen molar-refractivity contribution < 1.29 is 8.95 Å². The van der Waals surface area contributed by atoms with Crippen LogP contribution >= 0.6 is 0 Å². The van der Waals surface area contributed by atoms with Crippen molar-refractivity contribution in [3.8, 4) is 5.82 Å². The molecule has 1 aliphatic rings. The van der Waals surface area contributed by atoms with Crippen LogP contribution in [0.4, 0.5) is 23.1 Å². The fourth-order valence-electron chi connectivity index (χ4n) is 4.12. The summed E-state index contributed by atoms with van der Waals surface area (Å²) >= 11 is 0. The van der Waals surface area contributed by atoms with Gasteiger partial charge in [0.25, 0.3) is 5.56 Å². The lowest BCUT2D eigenvalue weighted by atomic mass is 10.2. The maximum atomic E-state index is 13.2. The zero-order valence-corrected chi connectivity index (χ0v) is 21.5. The number of aromatic nitrogens is 5. The molecule has 12 heteroatoms. The van der Waals surface area contributed by atoms with Crippen molar-refractivity contribution in [1.29, 1.82) is 0 Å². The summed E-state index contributed by atoms with van der Waals surface area (Å²) in [4.78, 5) is 29.0. The number of pyridine rings is 1. The number of nitrogens with zero attached hydrogens (tertiary/aromatic N) is 7. The molecule has 0 atom stereocenters. The zero-order chi connectivity index (χ0) is 26.0. The number of morpholine rings is 1. The van der Waals surface area contributed by atoms with Crippen LogP contribution in [0, 0.1) is 0 Å². The molecule has 11 nitrogen and oxygen atoms in total. The first-order valence-electron chi connectivity index (χ1n) is 11.8. The molecule has 1 aromatic carbocycles. The van der Waals surface area contributed by atoms with Crippen LogP contribution in [-0.4, -0.2) is 67.3 Å². The number of ether oxygens (including phenoxy) is 1. The Labute approximate surface area is 214 Å². The summed E-state index contributed by atoms with van der Waals surface area (Å²) in [6, 6.07) is 13.2. The van der Waals surface area contributed by atoms with Gasteiger partial charge in [0.1, 0.15) is 5.39 Å². The Hall–Kier alpha value is -4.03. The maximum Gasteiger partial charge on any atom is 0.278 e. The van der Waals surface area contributed by atoms with Gasteiger partial charge in [-0.3, -0.25) is 4.79 Å². The number of benzene rings is 1. The lowest BCUT2D eigenvalue weighted by Gasteiger charge is -2.28. The summed E-state index contributed by atoms with van der Waals surface area (Å²) in [5.74, 6) is 1.06. The van der Waals surface area contributed by atoms with Crippen molar-refractivity contribution >= 4 is 43.9 Å². The average molecular weight is 521 g/mol. The van der Waals surface area contributed by atoms with Gasteiger partial charge in [-0.1, -0.05) is 12.1 Å². The van der Waals surface area contributed by atoms with Gasteiger partial charge in [-0.25, -0.2) is 23.5 Å². The van der Waals surface area contributed by atoms with Crippen molar-refractivity contribution in [2.75, 3.05) is 49.0 Å². The van der Waals surface area contributed by atoms with Gasteiger partial charge in [0.15, 0.2) is 17.3 Å². The number of fused-ring (bicyclic) bond motifs is 1. The van der Waals surface area contributed by atoms with E-state index in [0.717, 1.165) is 37.7 Å². The van der Waals surface area contributed by atoms with E-state index in [1.165, 1.54) is 10.9 Å². The van der Waals surface area contributed by atoms with Crippen molar-refractivity contribution in [2.45, 2.75) is 6.54 Å². The predicted molar refractivity (Wildman–Crippen MR) is 146 cm³/mol. The Balaban J connectivity index is 1.53. The topological polar surface area (TPSA) is 120 Å². The third-order valence-corrected chi connectivity index (χ3v) is 6.35. The molecule has 4 aromatic rings. The second-order valence-electron chi connectivity index (χ2n) is 8.82. The van der Waals surface area contributed by atoms with E-state index in [-0.39, 0.29) is 12.1 Å². The quantitative estimate of drug-likeness (QED) is 0.369. The minimum atomic E-state index is -2.41. The zero-order valence-electron chi connectivity index (χ0n) is 20.7. The molecule has 1 fully saturated rings. The second-order valence-corrected chi connectivity index (χ2v) is 11.4. The van der Waals surface area contributed by atoms with E-state index in [1.807, 2.05) is 24.3 Å². The summed E-state index contributed by atoms with van der Waals surface area (Å²) in [6.07, 6.45) is 6.21. The molecule has 37 heavy (non-hydrogen) atoms. The third kappa shape index (κ3) is 5.39. The first-order chi connectivity index (χ1) is 17.8. The number of nitrogens with one attached hydrogen (secondary N) is 1. The molecule has 0 saturated carbocycles. The first kappa shape index (κ1) is 24.7. The van der Waals surface area contributed by atoms with E-state index in [2.05, 4.69) is 36.1 Å². The summed E-state index contributed by atoms with van der Waals surface area (Å²) in [7, 11) is -2.41. The Kier molecular flexibility index (Phi) is 6.76. The van der Waals surface area contributed by atoms with Gasteiger partial charge in [-0.15, -0.1) is 6.58 Å². The van der Waals surface area contributed by atoms with Crippen LogP contribution in [0.5, 0.6) is 0 Å². The Bertz CT molecular complexity index is 1620. The monoisotopic (exact) mass is 520 g/mol. The van der Waals surface area contributed by atoms with Crippen LogP contribution < -0.4 is 15.8 Å². The molecular formula is C25H28N8O3S. The van der Waals surface area contributed by atoms with Crippen molar-refractivity contribution in [3.63, 3.8) is 0 Å². The first-order valence-corrected chi connectivity index (χ1v) is 14.1. The van der Waals surface area contributed by atoms with Gasteiger partial charge in [-0.2, -0.15) is 9.35 Å². The van der Waals surface area contributed by atoms with Crippen LogP contribution in [0.25, 0.3) is 16.9 Å². The van der Waals surface area contributed by atoms with Crippen molar-refractivity contribution in [3.05, 3.63) is 71.7 Å². The number of allylic oxidation sites excluding steroid dienone is 1. The minimum Gasteiger partial charge on any atom is -0.378 e. The molecule has 0 spiro atoms. The highest BCUT2D eigenvalue weighted by Crippen LogP contribution is 2.23. The predicted octanol–water partition coefficient (Wildman–Crippen LogP) is 3.10. The van der Waals surface area contributed by atoms with E-state index in [1.54, 1.807) is 41.5 Å². The summed E-state index contributed by atoms with van der Waals surface area (Å²) in [5, 5.41) is 3.56. The molecule has 1 saturated heterocycles. The normalized spacial score (nSPS) is 14.1. The van der Waals surface area contributed by atoms with Gasteiger partial charge in [-0.05, 0) is 36.4 Å². The molecule has 0 radical (unpaired) electrons. The van der Waals surface area contributed by atoms with Crippen LogP contribution in [-0.2, 0) is 21.0 Å². The van der Waals surface area contributed by atoms with Crippen LogP contribution in [0.1, 0.15) is 0 Å². The van der Waals surface area contributed by atoms with Crippen LogP contribution in [0.3, 0.4) is 0 Å². The molecule has 0 bridgehead atoms. The van der Waals surface area contributed by atoms with E-state index in [9.17, 15) is 9.00 Å². The van der Waals surface area contributed by atoms with E-state index >= 15 is 0 Å². The van der Waals surface area contributed by atoms with Gasteiger partial charge in [0, 0.05) is 52.9 Å². The van der Waals surface area contributed by atoms with E-state index < -0.39 is 9.73 Å². The SMILES string of the molecule is C=CCn1c(=O)c2cnc(Nc3ccc(N4CCOCC4)cc3)nc2n1-c1cccc(N=S(C)(C)=O)n1. The number of hydrogen-bond donors (Lipinski definition) is 1. The second kappa shape index (κ2) is 10.1. The van der Waals surface area contributed by atoms with Crippen LogP contribution in [0.15, 0.2) is 70.5 Å². The van der Waals surface area contributed by atoms with E-state index in [0.29, 0.717) is 28.6 Å². The fraction of sp³-hybridized carbons (Fsp3) is 0.280. The molecule has 1 aliphatic heterocycles. The Morgan fingerprint density at radius 3 is 2.59 bits per heavy atom. The number of anilines is 3. The Morgan fingerprint density at radius 2 is 1.89 bits per heavy atom. The lowest BCUT2D eigenvalue weighted by molar-refractivity contribution is 0.122. The highest BCUT2D eigenvalue weighted by atomic mass is 32.2. The maximum absolute atomic E-state index is 13.2. The lowest BCUT2D eigenvalue weighted by Crippen LogP contribution is -2.36. The third-order valence-electron chi connectivity index (χ3n) is 5.73. The van der Waals surface area contributed by atoms with Gasteiger partial charge < -0.3 is 15.0 Å². The standard InChI is InChI=1S/C25H28N8O3S/c1-4-12-32-24(34)20-17-26-25(27-18-8-10-19(11-9-18)31-13-15-36-16-14-31)29-23(20)33(32)22-7-5-6-21(28-22)30-37(2,3)35/h4-11,17H,1,12-16H2,2-3H3,(H,26,27,29). The van der Waals surface area contributed by atoms with Crippen molar-refractivity contribution in [1.82, 2.24) is 24.3 Å². The molecule has 0 amide bonds. The number of hydrogen-bond acceptors (Lipinski definition) is 9.